The standard InChI is InChI=1S/C9H13ClN4O2/c1-6(2-10)9(16)13-7-3-12-14(4-7)5-8(11)15/h3-4,6H,2,5H2,1H3,(H2,11,15)(H,13,16). The normalized spacial score (nSPS) is 12.1. The minimum absolute atomic E-state index is 0.0130. The van der Waals surface area contributed by atoms with E-state index in [9.17, 15) is 9.59 Å². The molecule has 0 aliphatic carbocycles. The van der Waals surface area contributed by atoms with Crippen LogP contribution >= 0.6 is 11.6 Å². The summed E-state index contributed by atoms with van der Waals surface area (Å²) in [5, 5.41) is 6.49. The van der Waals surface area contributed by atoms with Gasteiger partial charge in [0.1, 0.15) is 6.54 Å². The summed E-state index contributed by atoms with van der Waals surface area (Å²) < 4.78 is 1.35. The number of carbonyl (C=O) groups is 2. The third-order valence-electron chi connectivity index (χ3n) is 1.90. The molecule has 88 valence electrons. The van der Waals surface area contributed by atoms with Crippen LogP contribution in [0.1, 0.15) is 6.92 Å². The summed E-state index contributed by atoms with van der Waals surface area (Å²) in [6.07, 6.45) is 2.98. The molecule has 1 rings (SSSR count). The summed E-state index contributed by atoms with van der Waals surface area (Å²) in [6.45, 7) is 1.71. The van der Waals surface area contributed by atoms with Crippen molar-refractivity contribution in [3.8, 4) is 0 Å². The summed E-state index contributed by atoms with van der Waals surface area (Å²) in [6, 6.07) is 0. The Morgan fingerprint density at radius 2 is 2.38 bits per heavy atom. The molecule has 1 aromatic heterocycles. The van der Waals surface area contributed by atoms with Gasteiger partial charge in [0.25, 0.3) is 0 Å². The van der Waals surface area contributed by atoms with Gasteiger partial charge in [0.15, 0.2) is 0 Å². The van der Waals surface area contributed by atoms with E-state index in [4.69, 9.17) is 17.3 Å². The molecular weight excluding hydrogens is 232 g/mol. The first-order chi connectivity index (χ1) is 7.52. The Bertz CT molecular complexity index is 391. The SMILES string of the molecule is CC(CCl)C(=O)Nc1cnn(CC(N)=O)c1. The molecule has 16 heavy (non-hydrogen) atoms. The molecule has 0 saturated heterocycles. The lowest BCUT2D eigenvalue weighted by molar-refractivity contribution is -0.119. The van der Waals surface area contributed by atoms with Gasteiger partial charge >= 0.3 is 0 Å². The predicted molar refractivity (Wildman–Crippen MR) is 59.9 cm³/mol. The maximum Gasteiger partial charge on any atom is 0.239 e. The molecule has 0 spiro atoms. The van der Waals surface area contributed by atoms with Crippen molar-refractivity contribution >= 4 is 29.1 Å². The quantitative estimate of drug-likeness (QED) is 0.724. The Balaban J connectivity index is 2.58. The van der Waals surface area contributed by atoms with Crippen molar-refractivity contribution in [2.45, 2.75) is 13.5 Å². The van der Waals surface area contributed by atoms with Crippen LogP contribution in [0, 0.1) is 5.92 Å². The van der Waals surface area contributed by atoms with Gasteiger partial charge in [-0.2, -0.15) is 5.10 Å². The highest BCUT2D eigenvalue weighted by Crippen LogP contribution is 2.08. The fourth-order valence-electron chi connectivity index (χ4n) is 1.01. The number of carbonyl (C=O) groups excluding carboxylic acids is 2. The highest BCUT2D eigenvalue weighted by Gasteiger charge is 2.12. The smallest absolute Gasteiger partial charge is 0.239 e. The number of nitrogens with one attached hydrogen (secondary N) is 1. The van der Waals surface area contributed by atoms with E-state index in [1.165, 1.54) is 17.1 Å². The van der Waals surface area contributed by atoms with Gasteiger partial charge in [-0.3, -0.25) is 14.3 Å². The molecule has 2 amide bonds. The Morgan fingerprint density at radius 3 is 2.94 bits per heavy atom. The van der Waals surface area contributed by atoms with Crippen molar-refractivity contribution < 1.29 is 9.59 Å². The van der Waals surface area contributed by atoms with E-state index >= 15 is 0 Å². The summed E-state index contributed by atoms with van der Waals surface area (Å²) in [7, 11) is 0. The van der Waals surface area contributed by atoms with Crippen LogP contribution in [0.5, 0.6) is 0 Å². The van der Waals surface area contributed by atoms with Gasteiger partial charge in [-0.05, 0) is 0 Å². The fraction of sp³-hybridized carbons (Fsp3) is 0.444. The van der Waals surface area contributed by atoms with Gasteiger partial charge in [-0.1, -0.05) is 6.92 Å². The minimum Gasteiger partial charge on any atom is -0.368 e. The van der Waals surface area contributed by atoms with E-state index in [1.54, 1.807) is 6.92 Å². The van der Waals surface area contributed by atoms with E-state index < -0.39 is 5.91 Å². The third kappa shape index (κ3) is 3.54. The molecule has 0 saturated carbocycles. The van der Waals surface area contributed by atoms with E-state index in [0.717, 1.165) is 0 Å². The first-order valence-corrected chi connectivity index (χ1v) is 5.24. The molecule has 1 unspecified atom stereocenters. The molecule has 1 aromatic rings. The van der Waals surface area contributed by atoms with Crippen LogP contribution in [0.3, 0.4) is 0 Å². The topological polar surface area (TPSA) is 90.0 Å². The van der Waals surface area contributed by atoms with Crippen molar-refractivity contribution in [1.29, 1.82) is 0 Å². The Labute approximate surface area is 97.7 Å². The zero-order valence-corrected chi connectivity index (χ0v) is 9.57. The van der Waals surface area contributed by atoms with Crippen LogP contribution in [-0.2, 0) is 16.1 Å². The zero-order valence-electron chi connectivity index (χ0n) is 8.81. The number of alkyl halides is 1. The van der Waals surface area contributed by atoms with Gasteiger partial charge in [-0.15, -0.1) is 11.6 Å². The molecular formula is C9H13ClN4O2. The number of anilines is 1. The number of rotatable bonds is 5. The van der Waals surface area contributed by atoms with Gasteiger partial charge in [0.2, 0.25) is 11.8 Å². The van der Waals surface area contributed by atoms with E-state index in [1.807, 2.05) is 0 Å². The summed E-state index contributed by atoms with van der Waals surface area (Å²) in [5.74, 6) is -0.703. The van der Waals surface area contributed by atoms with Crippen molar-refractivity contribution in [3.63, 3.8) is 0 Å². The van der Waals surface area contributed by atoms with Crippen LogP contribution in [0.2, 0.25) is 0 Å². The Kier molecular flexibility index (Phi) is 4.30. The monoisotopic (exact) mass is 244 g/mol. The van der Waals surface area contributed by atoms with E-state index in [0.29, 0.717) is 5.69 Å². The third-order valence-corrected chi connectivity index (χ3v) is 2.36. The number of halogens is 1. The maximum absolute atomic E-state index is 11.5. The molecule has 0 bridgehead atoms. The van der Waals surface area contributed by atoms with Crippen molar-refractivity contribution in [1.82, 2.24) is 9.78 Å². The number of primary amides is 1. The van der Waals surface area contributed by atoms with Gasteiger partial charge in [0.05, 0.1) is 11.9 Å². The fourth-order valence-corrected chi connectivity index (χ4v) is 1.15. The van der Waals surface area contributed by atoms with Crippen LogP contribution in [0.4, 0.5) is 5.69 Å². The highest BCUT2D eigenvalue weighted by molar-refractivity contribution is 6.19. The molecule has 6 nitrogen and oxygen atoms in total. The van der Waals surface area contributed by atoms with Crippen molar-refractivity contribution in [2.24, 2.45) is 11.7 Å². The molecule has 3 N–H and O–H groups in total. The number of amides is 2. The van der Waals surface area contributed by atoms with Crippen molar-refractivity contribution in [3.05, 3.63) is 12.4 Å². The second kappa shape index (κ2) is 5.50. The molecule has 0 radical (unpaired) electrons. The number of nitrogens with zero attached hydrogens (tertiary/aromatic N) is 2. The lowest BCUT2D eigenvalue weighted by Gasteiger charge is -2.06. The Morgan fingerprint density at radius 1 is 1.69 bits per heavy atom. The number of nitrogens with two attached hydrogens (primary N) is 1. The second-order valence-electron chi connectivity index (χ2n) is 3.44. The second-order valence-corrected chi connectivity index (χ2v) is 3.75. The van der Waals surface area contributed by atoms with Crippen LogP contribution < -0.4 is 11.1 Å². The molecule has 0 fully saturated rings. The summed E-state index contributed by atoms with van der Waals surface area (Å²) in [4.78, 5) is 22.1. The minimum atomic E-state index is -0.491. The first kappa shape index (κ1) is 12.5. The lowest BCUT2D eigenvalue weighted by atomic mass is 10.2. The van der Waals surface area contributed by atoms with Crippen LogP contribution in [0.25, 0.3) is 0 Å². The molecule has 1 atom stereocenters. The average molecular weight is 245 g/mol. The molecule has 0 aliphatic rings. The molecule has 0 aliphatic heterocycles. The van der Waals surface area contributed by atoms with Crippen LogP contribution in [0.15, 0.2) is 12.4 Å². The summed E-state index contributed by atoms with van der Waals surface area (Å²) >= 11 is 5.54. The van der Waals surface area contributed by atoms with Gasteiger partial charge in [0, 0.05) is 18.0 Å². The van der Waals surface area contributed by atoms with Gasteiger partial charge < -0.3 is 11.1 Å². The van der Waals surface area contributed by atoms with E-state index in [-0.39, 0.29) is 24.2 Å². The molecule has 1 heterocycles. The van der Waals surface area contributed by atoms with Crippen LogP contribution in [-0.4, -0.2) is 27.5 Å². The molecule has 0 aromatic carbocycles. The first-order valence-electron chi connectivity index (χ1n) is 4.70. The Hall–Kier alpha value is -1.56. The van der Waals surface area contributed by atoms with Gasteiger partial charge in [-0.25, -0.2) is 0 Å². The highest BCUT2D eigenvalue weighted by atomic mass is 35.5. The van der Waals surface area contributed by atoms with E-state index in [2.05, 4.69) is 10.4 Å². The largest absolute Gasteiger partial charge is 0.368 e. The predicted octanol–water partition coefficient (Wildman–Crippen LogP) is 0.182. The average Bonchev–Trinajstić information content (AvgIpc) is 2.63. The number of hydrogen-bond donors (Lipinski definition) is 2. The maximum atomic E-state index is 11.5. The van der Waals surface area contributed by atoms with Crippen molar-refractivity contribution in [2.75, 3.05) is 11.2 Å². The number of hydrogen-bond acceptors (Lipinski definition) is 3. The molecule has 7 heteroatoms. The lowest BCUT2D eigenvalue weighted by Crippen LogP contribution is -2.21. The summed E-state index contributed by atoms with van der Waals surface area (Å²) in [5.41, 5.74) is 5.52. The zero-order chi connectivity index (χ0) is 12.1. The number of aromatic nitrogens is 2.